The van der Waals surface area contributed by atoms with Gasteiger partial charge < -0.3 is 21.3 Å². The molecule has 10 heteroatoms. The molecule has 1 fully saturated rings. The summed E-state index contributed by atoms with van der Waals surface area (Å²) in [5, 5.41) is 11.8. The highest BCUT2D eigenvalue weighted by molar-refractivity contribution is 6.37. The van der Waals surface area contributed by atoms with Crippen molar-refractivity contribution in [2.24, 2.45) is 0 Å². The van der Waals surface area contributed by atoms with Gasteiger partial charge in [0.1, 0.15) is 0 Å². The maximum atomic E-state index is 13.4. The fourth-order valence-electron chi connectivity index (χ4n) is 4.98. The van der Waals surface area contributed by atoms with Crippen LogP contribution in [0.5, 0.6) is 0 Å². The number of benzene rings is 3. The summed E-state index contributed by atoms with van der Waals surface area (Å²) < 4.78 is 0. The third-order valence-corrected chi connectivity index (χ3v) is 7.13. The summed E-state index contributed by atoms with van der Waals surface area (Å²) in [4.78, 5) is 55.9. The van der Waals surface area contributed by atoms with Gasteiger partial charge in [-0.2, -0.15) is 0 Å². The molecule has 5 amide bonds. The number of amides is 5. The Hall–Kier alpha value is -5.77. The summed E-state index contributed by atoms with van der Waals surface area (Å²) in [7, 11) is 0. The number of imide groups is 1. The van der Waals surface area contributed by atoms with Crippen LogP contribution in [0.3, 0.4) is 0 Å². The molecule has 4 aromatic rings. The Labute approximate surface area is 241 Å². The number of rotatable bonds is 7. The van der Waals surface area contributed by atoms with E-state index < -0.39 is 6.03 Å². The lowest BCUT2D eigenvalue weighted by Crippen LogP contribution is -2.30. The van der Waals surface area contributed by atoms with Gasteiger partial charge in [-0.25, -0.2) is 9.69 Å². The van der Waals surface area contributed by atoms with Gasteiger partial charge >= 0.3 is 6.03 Å². The molecule has 3 heterocycles. The number of nitrogens with zero attached hydrogens (tertiary/aromatic N) is 2. The smallest absolute Gasteiger partial charge is 0.329 e. The van der Waals surface area contributed by atoms with Gasteiger partial charge in [-0.15, -0.1) is 0 Å². The third-order valence-electron chi connectivity index (χ3n) is 7.13. The minimum atomic E-state index is -0.475. The number of hydrogen-bond acceptors (Lipinski definition) is 6. The van der Waals surface area contributed by atoms with Crippen LogP contribution < -0.4 is 26.2 Å². The molecule has 0 bridgehead atoms. The first-order valence-electron chi connectivity index (χ1n) is 13.3. The van der Waals surface area contributed by atoms with Crippen molar-refractivity contribution in [3.63, 3.8) is 0 Å². The lowest BCUT2D eigenvalue weighted by Gasteiger charge is -2.17. The third kappa shape index (κ3) is 5.08. The van der Waals surface area contributed by atoms with Gasteiger partial charge in [0, 0.05) is 40.5 Å². The molecule has 0 aliphatic carbocycles. The van der Waals surface area contributed by atoms with Crippen LogP contribution in [-0.4, -0.2) is 35.3 Å². The molecule has 0 unspecified atom stereocenters. The Balaban J connectivity index is 1.35. The zero-order chi connectivity index (χ0) is 29.2. The van der Waals surface area contributed by atoms with Crippen molar-refractivity contribution in [2.45, 2.75) is 13.0 Å². The van der Waals surface area contributed by atoms with Crippen molar-refractivity contribution in [3.05, 3.63) is 120 Å². The molecule has 0 spiro atoms. The van der Waals surface area contributed by atoms with E-state index in [2.05, 4.69) is 26.3 Å². The molecular weight excluding hydrogens is 532 g/mol. The van der Waals surface area contributed by atoms with E-state index in [-0.39, 0.29) is 30.3 Å². The largest absolute Gasteiger partial charge is 0.354 e. The first-order chi connectivity index (χ1) is 20.4. The summed E-state index contributed by atoms with van der Waals surface area (Å²) >= 11 is 0. The lowest BCUT2D eigenvalue weighted by atomic mass is 9.98. The van der Waals surface area contributed by atoms with Gasteiger partial charge in [0.25, 0.3) is 17.7 Å². The van der Waals surface area contributed by atoms with Gasteiger partial charge in [0.2, 0.25) is 0 Å². The summed E-state index contributed by atoms with van der Waals surface area (Å²) in [6.45, 7) is 1.87. The Morgan fingerprint density at radius 2 is 1.64 bits per heavy atom. The topological polar surface area (TPSA) is 133 Å². The van der Waals surface area contributed by atoms with Crippen LogP contribution in [-0.2, 0) is 9.59 Å². The van der Waals surface area contributed by atoms with E-state index in [1.807, 2.05) is 37.3 Å². The van der Waals surface area contributed by atoms with Crippen molar-refractivity contribution in [3.8, 4) is 0 Å². The molecule has 6 rings (SSSR count). The molecule has 4 N–H and O–H groups in total. The molecule has 1 saturated heterocycles. The fraction of sp³-hybridized carbons (Fsp3) is 0.0938. The summed E-state index contributed by atoms with van der Waals surface area (Å²) in [5.74, 6) is -0.921. The van der Waals surface area contributed by atoms with Crippen molar-refractivity contribution in [1.82, 2.24) is 15.6 Å². The molecule has 3 aromatic carbocycles. The molecule has 208 valence electrons. The predicted octanol–water partition coefficient (Wildman–Crippen LogP) is 4.56. The average molecular weight is 559 g/mol. The maximum absolute atomic E-state index is 13.4. The zero-order valence-electron chi connectivity index (χ0n) is 22.5. The second-order valence-electron chi connectivity index (χ2n) is 9.87. The molecule has 1 aromatic heterocycles. The van der Waals surface area contributed by atoms with Gasteiger partial charge in [-0.1, -0.05) is 30.3 Å². The number of carbonyl (C=O) groups is 4. The normalized spacial score (nSPS) is 15.9. The van der Waals surface area contributed by atoms with E-state index >= 15 is 0 Å². The van der Waals surface area contributed by atoms with Crippen LogP contribution in [0, 0.1) is 0 Å². The minimum absolute atomic E-state index is 0.0448. The number of urea groups is 1. The number of hydrogen-bond donors (Lipinski definition) is 4. The molecule has 2 aliphatic heterocycles. The number of fused-ring (bicyclic) bond motifs is 1. The van der Waals surface area contributed by atoms with E-state index in [4.69, 9.17) is 0 Å². The number of pyridine rings is 1. The molecule has 10 nitrogen and oxygen atoms in total. The van der Waals surface area contributed by atoms with Crippen LogP contribution in [0.2, 0.25) is 0 Å². The Morgan fingerprint density at radius 1 is 0.905 bits per heavy atom. The maximum Gasteiger partial charge on any atom is 0.329 e. The second-order valence-corrected chi connectivity index (χ2v) is 9.87. The van der Waals surface area contributed by atoms with E-state index in [1.54, 1.807) is 67.0 Å². The van der Waals surface area contributed by atoms with Crippen molar-refractivity contribution in [2.75, 3.05) is 22.1 Å². The highest BCUT2D eigenvalue weighted by atomic mass is 16.2. The first kappa shape index (κ1) is 26.5. The van der Waals surface area contributed by atoms with Crippen LogP contribution in [0.25, 0.3) is 11.3 Å². The predicted molar refractivity (Wildman–Crippen MR) is 159 cm³/mol. The fourth-order valence-corrected chi connectivity index (χ4v) is 4.98. The highest BCUT2D eigenvalue weighted by Gasteiger charge is 2.31. The summed E-state index contributed by atoms with van der Waals surface area (Å²) in [6, 6.07) is 24.4. The molecule has 0 radical (unpaired) electrons. The quantitative estimate of drug-likeness (QED) is 0.194. The van der Waals surface area contributed by atoms with Gasteiger partial charge in [0.05, 0.1) is 29.5 Å². The number of aromatic nitrogens is 1. The summed E-state index contributed by atoms with van der Waals surface area (Å²) in [5.41, 5.74) is 5.19. The molecule has 0 saturated carbocycles. The van der Waals surface area contributed by atoms with E-state index in [1.165, 1.54) is 0 Å². The van der Waals surface area contributed by atoms with Crippen molar-refractivity contribution < 1.29 is 19.2 Å². The first-order valence-corrected chi connectivity index (χ1v) is 13.3. The lowest BCUT2D eigenvalue weighted by molar-refractivity contribution is -0.116. The average Bonchev–Trinajstić information content (AvgIpc) is 3.53. The van der Waals surface area contributed by atoms with E-state index in [0.29, 0.717) is 45.0 Å². The van der Waals surface area contributed by atoms with Gasteiger partial charge in [-0.05, 0) is 67.1 Å². The summed E-state index contributed by atoms with van der Waals surface area (Å²) in [6.07, 6.45) is 3.25. The van der Waals surface area contributed by atoms with Crippen LogP contribution in [0.15, 0.2) is 97.3 Å². The SMILES string of the molecule is C[C@@H](NC(=O)c1ccc2c(c1)/C(=C(/Nc1ccc(N3C(=O)CNC3=O)cc1)c1ccncc1)C(=O)N2)c1ccccc1. The monoisotopic (exact) mass is 558 g/mol. The van der Waals surface area contributed by atoms with Crippen molar-refractivity contribution >= 4 is 52.1 Å². The number of anilines is 3. The molecule has 42 heavy (non-hydrogen) atoms. The van der Waals surface area contributed by atoms with Gasteiger partial charge in [0.15, 0.2) is 0 Å². The van der Waals surface area contributed by atoms with E-state index in [9.17, 15) is 19.2 Å². The van der Waals surface area contributed by atoms with Crippen LogP contribution in [0.4, 0.5) is 21.9 Å². The minimum Gasteiger partial charge on any atom is -0.354 e. The Kier molecular flexibility index (Phi) is 6.93. The van der Waals surface area contributed by atoms with Crippen molar-refractivity contribution in [1.29, 1.82) is 0 Å². The number of carbonyl (C=O) groups excluding carboxylic acids is 4. The van der Waals surface area contributed by atoms with E-state index in [0.717, 1.165) is 10.5 Å². The van der Waals surface area contributed by atoms with Crippen LogP contribution in [0.1, 0.15) is 40.0 Å². The van der Waals surface area contributed by atoms with Crippen LogP contribution >= 0.6 is 0 Å². The second kappa shape index (κ2) is 11.0. The molecular formula is C32H26N6O4. The number of nitrogens with one attached hydrogen (secondary N) is 4. The Bertz CT molecular complexity index is 1720. The highest BCUT2D eigenvalue weighted by Crippen LogP contribution is 2.38. The van der Waals surface area contributed by atoms with Gasteiger partial charge in [-0.3, -0.25) is 19.4 Å². The zero-order valence-corrected chi connectivity index (χ0v) is 22.5. The Morgan fingerprint density at radius 3 is 2.33 bits per heavy atom. The molecule has 1 atom stereocenters. The standard InChI is InChI=1S/C32H26N6O4/c1-19(20-5-3-2-4-6-20)35-30(40)22-7-12-26-25(17-22)28(31(41)37-26)29(21-13-15-33-16-14-21)36-23-8-10-24(11-9-23)38-27(39)18-34-32(38)42/h2-17,19,36H,18H2,1H3,(H,34,42)(H,35,40)(H,37,41)/b29-28-/t19-/m1/s1. The molecule has 2 aliphatic rings.